The molecule has 0 unspecified atom stereocenters. The number of thiol groups is 1. The van der Waals surface area contributed by atoms with E-state index in [1.54, 1.807) is 0 Å². The van der Waals surface area contributed by atoms with Crippen molar-refractivity contribution in [3.63, 3.8) is 0 Å². The highest BCUT2D eigenvalue weighted by molar-refractivity contribution is 9.10. The monoisotopic (exact) mass is 338 g/mol. The Balaban J connectivity index is 2.86. The van der Waals surface area contributed by atoms with E-state index in [0.717, 1.165) is 18.9 Å². The Morgan fingerprint density at radius 1 is 1.28 bits per heavy atom. The van der Waals surface area contributed by atoms with Crippen LogP contribution in [0.3, 0.4) is 0 Å². The molecule has 0 saturated carbocycles. The average Bonchev–Trinajstić information content (AvgIpc) is 2.33. The van der Waals surface area contributed by atoms with Gasteiger partial charge in [-0.15, -0.1) is 0 Å². The summed E-state index contributed by atoms with van der Waals surface area (Å²) in [6.45, 7) is 4.48. The van der Waals surface area contributed by atoms with Gasteiger partial charge in [-0.1, -0.05) is 13.8 Å². The van der Waals surface area contributed by atoms with Crippen LogP contribution in [-0.2, 0) is 0 Å². The Labute approximate surface area is 120 Å². The summed E-state index contributed by atoms with van der Waals surface area (Å²) < 4.78 is 32.3. The summed E-state index contributed by atoms with van der Waals surface area (Å²) in [5, 5.41) is 0. The minimum Gasteiger partial charge on any atom is -0.489 e. The maximum absolute atomic E-state index is 13.6. The molecule has 0 N–H and O–H groups in total. The van der Waals surface area contributed by atoms with E-state index in [4.69, 9.17) is 4.74 Å². The number of halogens is 3. The third-order valence-corrected chi connectivity index (χ3v) is 4.58. The quantitative estimate of drug-likeness (QED) is 0.730. The van der Waals surface area contributed by atoms with Gasteiger partial charge < -0.3 is 4.74 Å². The first-order valence-electron chi connectivity index (χ1n) is 5.86. The number of hydrogen-bond donors (Lipinski definition) is 1. The minimum atomic E-state index is -0.692. The summed E-state index contributed by atoms with van der Waals surface area (Å²) in [6.07, 6.45) is 1.79. The van der Waals surface area contributed by atoms with E-state index in [-0.39, 0.29) is 11.2 Å². The van der Waals surface area contributed by atoms with E-state index >= 15 is 0 Å². The van der Waals surface area contributed by atoms with Gasteiger partial charge in [0.05, 0.1) is 11.1 Å². The normalized spacial score (nSPS) is 11.7. The summed E-state index contributed by atoms with van der Waals surface area (Å²) in [4.78, 5) is 0. The van der Waals surface area contributed by atoms with Crippen LogP contribution in [0.5, 0.6) is 5.75 Å². The molecule has 0 saturated heterocycles. The van der Waals surface area contributed by atoms with Crippen LogP contribution in [0.2, 0.25) is 0 Å². The number of benzene rings is 1. The summed E-state index contributed by atoms with van der Waals surface area (Å²) in [6, 6.07) is 2.01. The first-order chi connectivity index (χ1) is 8.48. The van der Waals surface area contributed by atoms with Crippen molar-refractivity contribution in [2.75, 3.05) is 12.4 Å². The molecule has 0 radical (unpaired) electrons. The van der Waals surface area contributed by atoms with Gasteiger partial charge >= 0.3 is 0 Å². The molecule has 1 aromatic carbocycles. The molecule has 102 valence electrons. The molecule has 0 aliphatic heterocycles. The molecule has 0 atom stereocenters. The van der Waals surface area contributed by atoms with E-state index in [0.29, 0.717) is 16.8 Å². The Bertz CT molecular complexity index is 377. The average molecular weight is 339 g/mol. The summed E-state index contributed by atoms with van der Waals surface area (Å²) in [5.41, 5.74) is -0.0800. The smallest absolute Gasteiger partial charge is 0.169 e. The predicted octanol–water partition coefficient (Wildman–Crippen LogP) is 4.84. The standard InChI is InChI=1S/C13H17BrF2OS/c1-3-13(4-2,8-18)7-17-12-10(14)5-9(15)6-11(12)16/h5-6,18H,3-4,7-8H2,1-2H3. The van der Waals surface area contributed by atoms with Crippen LogP contribution in [0, 0.1) is 17.0 Å². The van der Waals surface area contributed by atoms with Gasteiger partial charge in [-0.3, -0.25) is 0 Å². The first-order valence-corrected chi connectivity index (χ1v) is 7.28. The maximum atomic E-state index is 13.6. The Morgan fingerprint density at radius 2 is 1.89 bits per heavy atom. The molecule has 0 aliphatic rings. The van der Waals surface area contributed by atoms with Crippen molar-refractivity contribution < 1.29 is 13.5 Å². The van der Waals surface area contributed by atoms with Crippen molar-refractivity contribution in [3.8, 4) is 5.75 Å². The SMILES string of the molecule is CCC(CC)(CS)COc1c(F)cc(F)cc1Br. The van der Waals surface area contributed by atoms with Crippen LogP contribution in [0.25, 0.3) is 0 Å². The minimum absolute atomic E-state index is 0.0597. The lowest BCUT2D eigenvalue weighted by Gasteiger charge is -2.29. The molecule has 1 rings (SSSR count). The summed E-state index contributed by atoms with van der Waals surface area (Å²) in [7, 11) is 0. The lowest BCUT2D eigenvalue weighted by atomic mass is 9.85. The Morgan fingerprint density at radius 3 is 2.33 bits per heavy atom. The Hall–Kier alpha value is -0.290. The van der Waals surface area contributed by atoms with Gasteiger partial charge in [-0.2, -0.15) is 12.6 Å². The third-order valence-electron chi connectivity index (χ3n) is 3.32. The van der Waals surface area contributed by atoms with Crippen molar-refractivity contribution in [2.45, 2.75) is 26.7 Å². The fourth-order valence-corrected chi connectivity index (χ4v) is 2.68. The van der Waals surface area contributed by atoms with E-state index in [1.807, 2.05) is 0 Å². The second kappa shape index (κ2) is 6.75. The largest absolute Gasteiger partial charge is 0.489 e. The zero-order valence-corrected chi connectivity index (χ0v) is 13.0. The van der Waals surface area contributed by atoms with Gasteiger partial charge in [0.1, 0.15) is 5.82 Å². The highest BCUT2D eigenvalue weighted by Gasteiger charge is 2.26. The van der Waals surface area contributed by atoms with Crippen LogP contribution in [0.15, 0.2) is 16.6 Å². The van der Waals surface area contributed by atoms with Crippen LogP contribution in [0.1, 0.15) is 26.7 Å². The molecule has 0 aliphatic carbocycles. The molecule has 5 heteroatoms. The van der Waals surface area contributed by atoms with Gasteiger partial charge in [0.2, 0.25) is 0 Å². The van der Waals surface area contributed by atoms with Crippen LogP contribution < -0.4 is 4.74 Å². The molecule has 1 nitrogen and oxygen atoms in total. The summed E-state index contributed by atoms with van der Waals surface area (Å²) in [5.74, 6) is -0.592. The van der Waals surface area contributed by atoms with E-state index in [2.05, 4.69) is 42.4 Å². The third kappa shape index (κ3) is 3.60. The zero-order valence-electron chi connectivity index (χ0n) is 10.5. The molecule has 0 spiro atoms. The van der Waals surface area contributed by atoms with Gasteiger partial charge in [-0.25, -0.2) is 8.78 Å². The van der Waals surface area contributed by atoms with Crippen molar-refractivity contribution in [1.82, 2.24) is 0 Å². The summed E-state index contributed by atoms with van der Waals surface area (Å²) >= 11 is 7.44. The van der Waals surface area contributed by atoms with E-state index in [9.17, 15) is 8.78 Å². The van der Waals surface area contributed by atoms with Gasteiger partial charge in [-0.05, 0) is 40.6 Å². The van der Waals surface area contributed by atoms with Crippen molar-refractivity contribution >= 4 is 28.6 Å². The van der Waals surface area contributed by atoms with Crippen molar-refractivity contribution in [2.24, 2.45) is 5.41 Å². The van der Waals surface area contributed by atoms with E-state index in [1.165, 1.54) is 6.07 Å². The molecule has 0 amide bonds. The van der Waals surface area contributed by atoms with Gasteiger partial charge in [0.15, 0.2) is 11.6 Å². The van der Waals surface area contributed by atoms with Crippen LogP contribution in [0.4, 0.5) is 8.78 Å². The molecule has 18 heavy (non-hydrogen) atoms. The molecule has 0 bridgehead atoms. The highest BCUT2D eigenvalue weighted by Crippen LogP contribution is 2.33. The molecule has 0 fully saturated rings. The zero-order chi connectivity index (χ0) is 13.8. The lowest BCUT2D eigenvalue weighted by Crippen LogP contribution is -2.29. The first kappa shape index (κ1) is 15.8. The Kier molecular flexibility index (Phi) is 5.92. The van der Waals surface area contributed by atoms with Crippen molar-refractivity contribution in [3.05, 3.63) is 28.2 Å². The lowest BCUT2D eigenvalue weighted by molar-refractivity contribution is 0.151. The topological polar surface area (TPSA) is 9.23 Å². The van der Waals surface area contributed by atoms with Crippen LogP contribution >= 0.6 is 28.6 Å². The molecule has 1 aromatic rings. The fourth-order valence-electron chi connectivity index (χ4n) is 1.62. The van der Waals surface area contributed by atoms with Gasteiger partial charge in [0, 0.05) is 11.5 Å². The number of ether oxygens (including phenoxy) is 1. The highest BCUT2D eigenvalue weighted by atomic mass is 79.9. The predicted molar refractivity (Wildman–Crippen MR) is 76.4 cm³/mol. The maximum Gasteiger partial charge on any atom is 0.169 e. The van der Waals surface area contributed by atoms with Crippen LogP contribution in [-0.4, -0.2) is 12.4 Å². The van der Waals surface area contributed by atoms with Crippen molar-refractivity contribution in [1.29, 1.82) is 0 Å². The van der Waals surface area contributed by atoms with E-state index < -0.39 is 11.6 Å². The molecule has 0 aromatic heterocycles. The second-order valence-electron chi connectivity index (χ2n) is 4.35. The molecule has 0 heterocycles. The molecular formula is C13H17BrF2OS. The van der Waals surface area contributed by atoms with Gasteiger partial charge in [0.25, 0.3) is 0 Å². The fraction of sp³-hybridized carbons (Fsp3) is 0.538. The second-order valence-corrected chi connectivity index (χ2v) is 5.52. The number of hydrogen-bond acceptors (Lipinski definition) is 2. The molecular weight excluding hydrogens is 322 g/mol. The number of rotatable bonds is 6.